The number of phenolic OH excluding ortho intramolecular Hbond substituents is 1. The van der Waals surface area contributed by atoms with E-state index in [9.17, 15) is 9.90 Å². The van der Waals surface area contributed by atoms with Gasteiger partial charge in [0.2, 0.25) is 5.95 Å². The number of ketones is 1. The average Bonchev–Trinajstić information content (AvgIpc) is 3.15. The minimum atomic E-state index is -0.285. The SMILES string of the molecule is Cc1ccc([C@@H]2C3=C(C[C@H](c4ccccc4O)CC3=O)Nc3ncnn32)cc1. The van der Waals surface area contributed by atoms with Gasteiger partial charge in [-0.15, -0.1) is 0 Å². The van der Waals surface area contributed by atoms with Crippen LogP contribution in [0.4, 0.5) is 5.95 Å². The fourth-order valence-corrected chi connectivity index (χ4v) is 4.26. The summed E-state index contributed by atoms with van der Waals surface area (Å²) in [7, 11) is 0. The van der Waals surface area contributed by atoms with Gasteiger partial charge in [0, 0.05) is 23.6 Å². The Balaban J connectivity index is 1.61. The van der Waals surface area contributed by atoms with Crippen molar-refractivity contribution in [2.45, 2.75) is 31.7 Å². The lowest BCUT2D eigenvalue weighted by molar-refractivity contribution is -0.116. The third-order valence-electron chi connectivity index (χ3n) is 5.63. The van der Waals surface area contributed by atoms with Crippen molar-refractivity contribution in [3.8, 4) is 5.75 Å². The van der Waals surface area contributed by atoms with Crippen LogP contribution in [0.2, 0.25) is 0 Å². The highest BCUT2D eigenvalue weighted by molar-refractivity contribution is 6.00. The number of phenols is 1. The Bertz CT molecular complexity index is 1100. The lowest BCUT2D eigenvalue weighted by Crippen LogP contribution is -2.33. The molecule has 1 aliphatic carbocycles. The molecule has 0 saturated carbocycles. The van der Waals surface area contributed by atoms with Crippen LogP contribution in [0.25, 0.3) is 0 Å². The summed E-state index contributed by atoms with van der Waals surface area (Å²) >= 11 is 0. The molecule has 2 aliphatic rings. The maximum atomic E-state index is 13.3. The summed E-state index contributed by atoms with van der Waals surface area (Å²) in [6.07, 6.45) is 2.52. The second-order valence-corrected chi connectivity index (χ2v) is 7.45. The number of aromatic hydroxyl groups is 1. The van der Waals surface area contributed by atoms with E-state index in [0.717, 1.165) is 22.4 Å². The van der Waals surface area contributed by atoms with E-state index in [0.29, 0.717) is 18.8 Å². The van der Waals surface area contributed by atoms with E-state index in [1.165, 1.54) is 11.9 Å². The third kappa shape index (κ3) is 2.60. The van der Waals surface area contributed by atoms with Crippen molar-refractivity contribution in [1.29, 1.82) is 0 Å². The minimum Gasteiger partial charge on any atom is -0.508 e. The summed E-state index contributed by atoms with van der Waals surface area (Å²) in [6.45, 7) is 2.04. The predicted octanol–water partition coefficient (Wildman–Crippen LogP) is 3.71. The van der Waals surface area contributed by atoms with Crippen LogP contribution in [0.5, 0.6) is 5.75 Å². The van der Waals surface area contributed by atoms with Gasteiger partial charge in [-0.25, -0.2) is 4.68 Å². The van der Waals surface area contributed by atoms with E-state index in [2.05, 4.69) is 15.4 Å². The van der Waals surface area contributed by atoms with E-state index < -0.39 is 0 Å². The quantitative estimate of drug-likeness (QED) is 0.717. The number of anilines is 1. The Kier molecular flexibility index (Phi) is 3.79. The number of carbonyl (C=O) groups excluding carboxylic acids is 1. The second-order valence-electron chi connectivity index (χ2n) is 7.45. The molecular weight excluding hydrogens is 352 g/mol. The minimum absolute atomic E-state index is 0.0620. The zero-order valence-electron chi connectivity index (χ0n) is 15.5. The molecule has 6 nitrogen and oxygen atoms in total. The molecule has 0 spiro atoms. The standard InChI is InChI=1S/C22H20N4O2/c1-13-6-8-14(9-7-13)21-20-17(25-22-23-12-24-26(21)22)10-15(11-19(20)28)16-4-2-3-5-18(16)27/h2-9,12,15,21,27H,10-11H2,1H3,(H,23,24,25)/t15-,21+/m0/s1. The number of Topliss-reactive ketones (excluding diaryl/α,β-unsaturated/α-hetero) is 1. The molecule has 2 atom stereocenters. The van der Waals surface area contributed by atoms with Crippen molar-refractivity contribution >= 4 is 11.7 Å². The number of nitrogens with zero attached hydrogens (tertiary/aromatic N) is 3. The molecule has 0 fully saturated rings. The molecule has 6 heteroatoms. The van der Waals surface area contributed by atoms with Crippen LogP contribution < -0.4 is 5.32 Å². The normalized spacial score (nSPS) is 21.1. The number of nitrogens with one attached hydrogen (secondary N) is 1. The van der Waals surface area contributed by atoms with Crippen LogP contribution in [-0.4, -0.2) is 25.7 Å². The molecule has 0 bridgehead atoms. The van der Waals surface area contributed by atoms with Crippen LogP contribution >= 0.6 is 0 Å². The number of fused-ring (bicyclic) bond motifs is 1. The van der Waals surface area contributed by atoms with Gasteiger partial charge in [-0.3, -0.25) is 4.79 Å². The molecule has 0 amide bonds. The van der Waals surface area contributed by atoms with Crippen LogP contribution in [0.1, 0.15) is 41.5 Å². The Morgan fingerprint density at radius 2 is 1.89 bits per heavy atom. The van der Waals surface area contributed by atoms with Gasteiger partial charge in [0.25, 0.3) is 0 Å². The summed E-state index contributed by atoms with van der Waals surface area (Å²) in [5.41, 5.74) is 4.60. The molecule has 3 aromatic rings. The van der Waals surface area contributed by atoms with Crippen LogP contribution in [0.15, 0.2) is 66.1 Å². The Morgan fingerprint density at radius 3 is 2.68 bits per heavy atom. The second kappa shape index (κ2) is 6.34. The number of allylic oxidation sites excluding steroid dienone is 2. The highest BCUT2D eigenvalue weighted by atomic mass is 16.3. The monoisotopic (exact) mass is 372 g/mol. The average molecular weight is 372 g/mol. The first kappa shape index (κ1) is 16.7. The van der Waals surface area contributed by atoms with Gasteiger partial charge in [-0.05, 0) is 30.5 Å². The number of aromatic nitrogens is 3. The molecule has 1 aromatic heterocycles. The molecule has 1 aliphatic heterocycles. The number of carbonyl (C=O) groups is 1. The van der Waals surface area contributed by atoms with Gasteiger partial charge in [-0.1, -0.05) is 48.0 Å². The van der Waals surface area contributed by atoms with Crippen molar-refractivity contribution in [2.75, 3.05) is 5.32 Å². The fraction of sp³-hybridized carbons (Fsp3) is 0.227. The topological polar surface area (TPSA) is 80.0 Å². The van der Waals surface area contributed by atoms with Crippen LogP contribution in [-0.2, 0) is 4.79 Å². The molecule has 2 N–H and O–H groups in total. The lowest BCUT2D eigenvalue weighted by Gasteiger charge is -2.35. The van der Waals surface area contributed by atoms with E-state index in [-0.39, 0.29) is 23.5 Å². The predicted molar refractivity (Wildman–Crippen MR) is 105 cm³/mol. The fourth-order valence-electron chi connectivity index (χ4n) is 4.26. The molecule has 2 aromatic carbocycles. The molecule has 5 rings (SSSR count). The number of rotatable bonds is 2. The number of aryl methyl sites for hydroxylation is 1. The largest absolute Gasteiger partial charge is 0.508 e. The first-order valence-corrected chi connectivity index (χ1v) is 9.39. The van der Waals surface area contributed by atoms with Gasteiger partial charge >= 0.3 is 0 Å². The van der Waals surface area contributed by atoms with Crippen LogP contribution in [0, 0.1) is 6.92 Å². The summed E-state index contributed by atoms with van der Waals surface area (Å²) in [5.74, 6) is 0.885. The van der Waals surface area contributed by atoms with Crippen molar-refractivity contribution in [3.05, 3.63) is 82.8 Å². The highest BCUT2D eigenvalue weighted by Crippen LogP contribution is 2.45. The maximum Gasteiger partial charge on any atom is 0.226 e. The van der Waals surface area contributed by atoms with Crippen molar-refractivity contribution in [2.24, 2.45) is 0 Å². The number of hydrogen-bond donors (Lipinski definition) is 2. The molecule has 0 unspecified atom stereocenters. The van der Waals surface area contributed by atoms with Crippen molar-refractivity contribution < 1.29 is 9.90 Å². The number of hydrogen-bond acceptors (Lipinski definition) is 5. The van der Waals surface area contributed by atoms with Crippen molar-refractivity contribution in [1.82, 2.24) is 14.8 Å². The Hall–Kier alpha value is -3.41. The first-order valence-electron chi connectivity index (χ1n) is 9.39. The molecule has 28 heavy (non-hydrogen) atoms. The lowest BCUT2D eigenvalue weighted by atomic mass is 9.77. The summed E-state index contributed by atoms with van der Waals surface area (Å²) in [4.78, 5) is 17.6. The Morgan fingerprint density at radius 1 is 1.11 bits per heavy atom. The third-order valence-corrected chi connectivity index (χ3v) is 5.63. The maximum absolute atomic E-state index is 13.3. The van der Waals surface area contributed by atoms with Gasteiger partial charge in [0.05, 0.1) is 0 Å². The molecular formula is C22H20N4O2. The number of para-hydroxylation sites is 1. The highest BCUT2D eigenvalue weighted by Gasteiger charge is 2.39. The Labute approximate surface area is 162 Å². The van der Waals surface area contributed by atoms with E-state index in [4.69, 9.17) is 0 Å². The van der Waals surface area contributed by atoms with Gasteiger partial charge in [0.1, 0.15) is 18.1 Å². The van der Waals surface area contributed by atoms with E-state index in [1.807, 2.05) is 43.3 Å². The molecule has 0 radical (unpaired) electrons. The van der Waals surface area contributed by atoms with Gasteiger partial charge in [0.15, 0.2) is 5.78 Å². The van der Waals surface area contributed by atoms with E-state index >= 15 is 0 Å². The van der Waals surface area contributed by atoms with Gasteiger partial charge in [-0.2, -0.15) is 10.1 Å². The van der Waals surface area contributed by atoms with Crippen molar-refractivity contribution in [3.63, 3.8) is 0 Å². The summed E-state index contributed by atoms with van der Waals surface area (Å²) < 4.78 is 1.78. The first-order chi connectivity index (χ1) is 13.6. The molecule has 140 valence electrons. The molecule has 2 heterocycles. The zero-order valence-corrected chi connectivity index (χ0v) is 15.5. The zero-order chi connectivity index (χ0) is 19.3. The summed E-state index contributed by atoms with van der Waals surface area (Å²) in [5, 5.41) is 17.9. The summed E-state index contributed by atoms with van der Waals surface area (Å²) in [6, 6.07) is 15.1. The van der Waals surface area contributed by atoms with E-state index in [1.54, 1.807) is 16.8 Å². The number of benzene rings is 2. The van der Waals surface area contributed by atoms with Crippen LogP contribution in [0.3, 0.4) is 0 Å². The van der Waals surface area contributed by atoms with Gasteiger partial charge < -0.3 is 10.4 Å². The molecule has 0 saturated heterocycles. The smallest absolute Gasteiger partial charge is 0.226 e.